The van der Waals surface area contributed by atoms with Gasteiger partial charge in [-0.05, 0) is 24.6 Å². The molecule has 0 bridgehead atoms. The Hall–Kier alpha value is -3.03. The largest absolute Gasteiger partial charge is 0.450 e. The molecule has 1 unspecified atom stereocenters. The number of nitrogens with zero attached hydrogens (tertiary/aromatic N) is 2. The molecule has 2 aliphatic rings. The zero-order valence-electron chi connectivity index (χ0n) is 17.1. The summed E-state index contributed by atoms with van der Waals surface area (Å²) in [6.45, 7) is 4.33. The van der Waals surface area contributed by atoms with Crippen LogP contribution in [0.2, 0.25) is 0 Å². The van der Waals surface area contributed by atoms with Crippen molar-refractivity contribution in [3.05, 3.63) is 81.5 Å². The molecule has 0 N–H and O–H groups in total. The Morgan fingerprint density at radius 1 is 0.968 bits per heavy atom. The van der Waals surface area contributed by atoms with Crippen molar-refractivity contribution in [2.24, 2.45) is 0 Å². The van der Waals surface area contributed by atoms with E-state index in [1.54, 1.807) is 47.4 Å². The Bertz CT molecular complexity index is 1190. The van der Waals surface area contributed by atoms with E-state index in [0.717, 1.165) is 19.6 Å². The topological polar surface area (TPSA) is 63.0 Å². The molecule has 1 atom stereocenters. The lowest BCUT2D eigenvalue weighted by Gasteiger charge is -2.29. The minimum atomic E-state index is -0.797. The molecule has 3 heterocycles. The molecule has 7 heteroatoms. The van der Waals surface area contributed by atoms with E-state index in [4.69, 9.17) is 9.15 Å². The van der Waals surface area contributed by atoms with Crippen LogP contribution in [-0.2, 0) is 4.74 Å². The van der Waals surface area contributed by atoms with E-state index in [0.29, 0.717) is 42.7 Å². The maximum absolute atomic E-state index is 14.8. The van der Waals surface area contributed by atoms with Gasteiger partial charge in [0.25, 0.3) is 5.91 Å². The van der Waals surface area contributed by atoms with Crippen molar-refractivity contribution in [3.63, 3.8) is 0 Å². The number of benzene rings is 2. The summed E-state index contributed by atoms with van der Waals surface area (Å²) < 4.78 is 26.1. The van der Waals surface area contributed by atoms with E-state index < -0.39 is 11.9 Å². The molecule has 0 spiro atoms. The van der Waals surface area contributed by atoms with E-state index in [-0.39, 0.29) is 22.7 Å². The highest BCUT2D eigenvalue weighted by atomic mass is 19.1. The summed E-state index contributed by atoms with van der Waals surface area (Å²) in [5.74, 6) is -0.796. The molecule has 1 amide bonds. The van der Waals surface area contributed by atoms with Gasteiger partial charge >= 0.3 is 0 Å². The second-order valence-corrected chi connectivity index (χ2v) is 7.90. The number of morpholine rings is 1. The monoisotopic (exact) mass is 422 g/mol. The first-order valence-corrected chi connectivity index (χ1v) is 10.6. The molecule has 2 aliphatic heterocycles. The van der Waals surface area contributed by atoms with Crippen molar-refractivity contribution in [2.75, 3.05) is 39.4 Å². The molecular formula is C24H23FN2O4. The Morgan fingerprint density at radius 2 is 1.71 bits per heavy atom. The van der Waals surface area contributed by atoms with Crippen LogP contribution in [-0.4, -0.2) is 55.1 Å². The van der Waals surface area contributed by atoms with Crippen LogP contribution in [0.25, 0.3) is 11.0 Å². The van der Waals surface area contributed by atoms with Crippen molar-refractivity contribution in [3.8, 4) is 0 Å². The van der Waals surface area contributed by atoms with Crippen LogP contribution in [0.1, 0.15) is 34.1 Å². The van der Waals surface area contributed by atoms with Crippen LogP contribution in [0.15, 0.2) is 57.7 Å². The molecule has 1 saturated heterocycles. The summed E-state index contributed by atoms with van der Waals surface area (Å²) in [4.78, 5) is 30.5. The smallest absolute Gasteiger partial charge is 0.290 e. The number of carbonyl (C=O) groups is 1. The molecule has 1 aromatic heterocycles. The van der Waals surface area contributed by atoms with Crippen molar-refractivity contribution in [1.82, 2.24) is 9.80 Å². The number of hydrogen-bond acceptors (Lipinski definition) is 5. The summed E-state index contributed by atoms with van der Waals surface area (Å²) in [7, 11) is 0. The normalized spacial score (nSPS) is 19.2. The van der Waals surface area contributed by atoms with Crippen LogP contribution in [0.5, 0.6) is 0 Å². The molecule has 31 heavy (non-hydrogen) atoms. The van der Waals surface area contributed by atoms with Gasteiger partial charge in [0.05, 0.1) is 30.2 Å². The first-order chi connectivity index (χ1) is 15.1. The van der Waals surface area contributed by atoms with E-state index in [1.807, 2.05) is 0 Å². The van der Waals surface area contributed by atoms with Crippen LogP contribution in [0, 0.1) is 5.82 Å². The highest BCUT2D eigenvalue weighted by Crippen LogP contribution is 2.39. The number of amides is 1. The predicted octanol–water partition coefficient (Wildman–Crippen LogP) is 3.20. The van der Waals surface area contributed by atoms with E-state index >= 15 is 0 Å². The molecule has 0 aliphatic carbocycles. The first kappa shape index (κ1) is 19.9. The molecule has 1 fully saturated rings. The number of fused-ring (bicyclic) bond motifs is 2. The SMILES string of the molecule is O=C1c2oc3ccccc3c(=O)c2C(c2ccccc2F)N1CCCN1CCOCC1. The zero-order chi connectivity index (χ0) is 21.4. The second-order valence-electron chi connectivity index (χ2n) is 7.90. The predicted molar refractivity (Wildman–Crippen MR) is 114 cm³/mol. The lowest BCUT2D eigenvalue weighted by Crippen LogP contribution is -2.39. The number of para-hydroxylation sites is 1. The average molecular weight is 422 g/mol. The van der Waals surface area contributed by atoms with Crippen LogP contribution in [0.4, 0.5) is 4.39 Å². The Kier molecular flexibility index (Phi) is 5.29. The molecular weight excluding hydrogens is 399 g/mol. The van der Waals surface area contributed by atoms with Crippen LogP contribution in [0.3, 0.4) is 0 Å². The zero-order valence-corrected chi connectivity index (χ0v) is 17.1. The Balaban J connectivity index is 1.54. The maximum atomic E-state index is 14.8. The summed E-state index contributed by atoms with van der Waals surface area (Å²) >= 11 is 0. The number of rotatable bonds is 5. The van der Waals surface area contributed by atoms with Gasteiger partial charge in [0.1, 0.15) is 11.4 Å². The van der Waals surface area contributed by atoms with Crippen LogP contribution >= 0.6 is 0 Å². The van der Waals surface area contributed by atoms with Gasteiger partial charge < -0.3 is 14.1 Å². The number of halogens is 1. The third kappa shape index (κ3) is 3.54. The highest BCUT2D eigenvalue weighted by Gasteiger charge is 2.43. The van der Waals surface area contributed by atoms with E-state index in [1.165, 1.54) is 6.07 Å². The molecule has 5 rings (SSSR count). The molecule has 2 aromatic carbocycles. The number of ether oxygens (including phenoxy) is 1. The van der Waals surface area contributed by atoms with Gasteiger partial charge in [0.15, 0.2) is 5.43 Å². The fourth-order valence-corrected chi connectivity index (χ4v) is 4.51. The second kappa shape index (κ2) is 8.24. The van der Waals surface area contributed by atoms with Gasteiger partial charge in [-0.15, -0.1) is 0 Å². The van der Waals surface area contributed by atoms with Gasteiger partial charge in [0, 0.05) is 31.7 Å². The average Bonchev–Trinajstić information content (AvgIpc) is 3.07. The summed E-state index contributed by atoms with van der Waals surface area (Å²) in [5.41, 5.74) is 0.611. The molecule has 0 saturated carbocycles. The van der Waals surface area contributed by atoms with Gasteiger partial charge in [-0.2, -0.15) is 0 Å². The molecule has 0 radical (unpaired) electrons. The van der Waals surface area contributed by atoms with Crippen molar-refractivity contribution >= 4 is 16.9 Å². The summed E-state index contributed by atoms with van der Waals surface area (Å²) in [6.07, 6.45) is 0.707. The first-order valence-electron chi connectivity index (χ1n) is 10.6. The highest BCUT2D eigenvalue weighted by molar-refractivity contribution is 5.99. The quantitative estimate of drug-likeness (QED) is 0.632. The van der Waals surface area contributed by atoms with Gasteiger partial charge in [-0.1, -0.05) is 30.3 Å². The molecule has 160 valence electrons. The lowest BCUT2D eigenvalue weighted by atomic mass is 9.98. The Labute approximate surface area is 178 Å². The van der Waals surface area contributed by atoms with Gasteiger partial charge in [0.2, 0.25) is 5.76 Å². The molecule has 6 nitrogen and oxygen atoms in total. The lowest BCUT2D eigenvalue weighted by molar-refractivity contribution is 0.0353. The fraction of sp³-hybridized carbons (Fsp3) is 0.333. The number of hydrogen-bond donors (Lipinski definition) is 0. The maximum Gasteiger partial charge on any atom is 0.290 e. The summed E-state index contributed by atoms with van der Waals surface area (Å²) in [5, 5.41) is 0.394. The van der Waals surface area contributed by atoms with Crippen molar-refractivity contribution in [2.45, 2.75) is 12.5 Å². The fourth-order valence-electron chi connectivity index (χ4n) is 4.51. The van der Waals surface area contributed by atoms with Crippen molar-refractivity contribution in [1.29, 1.82) is 0 Å². The molecule has 3 aromatic rings. The van der Waals surface area contributed by atoms with E-state index in [9.17, 15) is 14.0 Å². The van der Waals surface area contributed by atoms with Crippen molar-refractivity contribution < 1.29 is 18.3 Å². The van der Waals surface area contributed by atoms with Gasteiger partial charge in [-0.25, -0.2) is 4.39 Å². The summed E-state index contributed by atoms with van der Waals surface area (Å²) in [6, 6.07) is 12.4. The minimum Gasteiger partial charge on any atom is -0.450 e. The van der Waals surface area contributed by atoms with Gasteiger partial charge in [-0.3, -0.25) is 14.5 Å². The third-order valence-corrected chi connectivity index (χ3v) is 6.05. The van der Waals surface area contributed by atoms with Crippen LogP contribution < -0.4 is 5.43 Å². The Morgan fingerprint density at radius 3 is 2.52 bits per heavy atom. The third-order valence-electron chi connectivity index (χ3n) is 6.05. The minimum absolute atomic E-state index is 0.0170. The van der Waals surface area contributed by atoms with E-state index in [2.05, 4.69) is 4.90 Å². The standard InChI is InChI=1S/C24H23FN2O4/c25-18-8-3-1-6-16(18)21-20-22(28)17-7-2-4-9-19(17)31-23(20)24(29)27(21)11-5-10-26-12-14-30-15-13-26/h1-4,6-9,21H,5,10-15H2. The number of carbonyl (C=O) groups excluding carboxylic acids is 1.